The van der Waals surface area contributed by atoms with Gasteiger partial charge in [0.2, 0.25) is 0 Å². The molecule has 0 fully saturated rings. The molecule has 3 aromatic rings. The largest absolute Gasteiger partial charge is 0.493 e. The highest BCUT2D eigenvalue weighted by Crippen LogP contribution is 2.37. The van der Waals surface area contributed by atoms with Crippen molar-refractivity contribution in [1.82, 2.24) is 10.7 Å². The van der Waals surface area contributed by atoms with Crippen molar-refractivity contribution < 1.29 is 23.5 Å². The summed E-state index contributed by atoms with van der Waals surface area (Å²) >= 11 is 9.70. The molecule has 10 heteroatoms. The number of methoxy groups -OCH3 is 1. The summed E-state index contributed by atoms with van der Waals surface area (Å²) in [5.74, 6) is -0.699. The molecule has 3 rings (SSSR count). The maximum absolute atomic E-state index is 13.1. The minimum atomic E-state index is -0.850. The molecule has 7 nitrogen and oxygen atoms in total. The molecule has 0 spiro atoms. The number of rotatable bonds is 10. The summed E-state index contributed by atoms with van der Waals surface area (Å²) in [6.45, 7) is 3.84. The third kappa shape index (κ3) is 7.77. The maximum atomic E-state index is 13.1. The Morgan fingerprint density at radius 1 is 1.14 bits per heavy atom. The molecule has 0 saturated heterocycles. The number of nitrogens with zero attached hydrogens (tertiary/aromatic N) is 1. The van der Waals surface area contributed by atoms with Crippen LogP contribution in [0.4, 0.5) is 4.39 Å². The van der Waals surface area contributed by atoms with E-state index < -0.39 is 23.7 Å². The molecule has 0 heterocycles. The second-order valence-corrected chi connectivity index (χ2v) is 9.61. The summed E-state index contributed by atoms with van der Waals surface area (Å²) in [5, 5.41) is 7.30. The average Bonchev–Trinajstić information content (AvgIpc) is 2.87. The summed E-state index contributed by atoms with van der Waals surface area (Å²) in [6, 6.07) is 15.1. The molecule has 0 aromatic heterocycles. The number of hydrazone groups is 1. The van der Waals surface area contributed by atoms with Crippen molar-refractivity contribution >= 4 is 45.6 Å². The molecule has 0 aliphatic heterocycles. The van der Waals surface area contributed by atoms with E-state index >= 15 is 0 Å². The van der Waals surface area contributed by atoms with Crippen LogP contribution in [0.2, 0.25) is 5.02 Å². The number of amides is 2. The lowest BCUT2D eigenvalue weighted by Crippen LogP contribution is -2.48. The zero-order valence-corrected chi connectivity index (χ0v) is 22.8. The van der Waals surface area contributed by atoms with Crippen LogP contribution in [-0.2, 0) is 11.4 Å². The summed E-state index contributed by atoms with van der Waals surface area (Å²) in [5.41, 5.74) is 4.17. The van der Waals surface area contributed by atoms with E-state index in [0.29, 0.717) is 26.6 Å². The third-order valence-electron chi connectivity index (χ3n) is 5.31. The van der Waals surface area contributed by atoms with Gasteiger partial charge < -0.3 is 14.8 Å². The van der Waals surface area contributed by atoms with Gasteiger partial charge >= 0.3 is 0 Å². The van der Waals surface area contributed by atoms with Gasteiger partial charge in [-0.15, -0.1) is 0 Å². The molecule has 194 valence electrons. The number of carbonyl (C=O) groups excluding carboxylic acids is 2. The molecule has 1 atom stereocenters. The van der Waals surface area contributed by atoms with Crippen LogP contribution in [-0.4, -0.2) is 31.2 Å². The lowest BCUT2D eigenvalue weighted by atomic mass is 10.0. The summed E-state index contributed by atoms with van der Waals surface area (Å²) < 4.78 is 25.2. The molecule has 0 bridgehead atoms. The Morgan fingerprint density at radius 3 is 2.49 bits per heavy atom. The minimum Gasteiger partial charge on any atom is -0.493 e. The first-order valence-corrected chi connectivity index (χ1v) is 12.5. The average molecular weight is 591 g/mol. The molecule has 2 amide bonds. The lowest BCUT2D eigenvalue weighted by molar-refractivity contribution is -0.123. The van der Waals surface area contributed by atoms with E-state index in [1.165, 1.54) is 37.6 Å². The van der Waals surface area contributed by atoms with Gasteiger partial charge in [-0.25, -0.2) is 9.82 Å². The number of hydrogen-bond acceptors (Lipinski definition) is 5. The van der Waals surface area contributed by atoms with Gasteiger partial charge in [-0.05, 0) is 69.9 Å². The number of benzene rings is 3. The minimum absolute atomic E-state index is 0.219. The molecule has 1 unspecified atom stereocenters. The van der Waals surface area contributed by atoms with Crippen LogP contribution in [0.25, 0.3) is 0 Å². The highest BCUT2D eigenvalue weighted by atomic mass is 79.9. The van der Waals surface area contributed by atoms with Crippen LogP contribution in [0, 0.1) is 11.7 Å². The SMILES string of the molecule is COc1cc(/C=N/NC(=O)C(NC(=O)c2ccc(F)cc2)C(C)C)cc(Br)c1OCc1ccccc1Cl. The quantitative estimate of drug-likeness (QED) is 0.233. The van der Waals surface area contributed by atoms with Crippen molar-refractivity contribution in [2.24, 2.45) is 11.0 Å². The Balaban J connectivity index is 1.66. The van der Waals surface area contributed by atoms with Gasteiger partial charge in [0, 0.05) is 16.1 Å². The van der Waals surface area contributed by atoms with E-state index in [9.17, 15) is 14.0 Å². The van der Waals surface area contributed by atoms with Gasteiger partial charge in [0.15, 0.2) is 11.5 Å². The van der Waals surface area contributed by atoms with Gasteiger partial charge in [-0.3, -0.25) is 9.59 Å². The Morgan fingerprint density at radius 2 is 1.84 bits per heavy atom. The monoisotopic (exact) mass is 589 g/mol. The highest BCUT2D eigenvalue weighted by molar-refractivity contribution is 9.10. The molecular formula is C27H26BrClFN3O4. The Hall–Kier alpha value is -3.43. The second kappa shape index (κ2) is 13.2. The highest BCUT2D eigenvalue weighted by Gasteiger charge is 2.24. The molecule has 3 aromatic carbocycles. The van der Waals surface area contributed by atoms with Crippen molar-refractivity contribution in [1.29, 1.82) is 0 Å². The zero-order valence-electron chi connectivity index (χ0n) is 20.4. The van der Waals surface area contributed by atoms with Crippen molar-refractivity contribution in [3.63, 3.8) is 0 Å². The fourth-order valence-electron chi connectivity index (χ4n) is 3.32. The number of ether oxygens (including phenoxy) is 2. The first-order chi connectivity index (χ1) is 17.7. The Kier molecular flexibility index (Phi) is 10.0. The first kappa shape index (κ1) is 28.1. The molecule has 37 heavy (non-hydrogen) atoms. The first-order valence-electron chi connectivity index (χ1n) is 11.3. The number of nitrogens with one attached hydrogen (secondary N) is 2. The van der Waals surface area contributed by atoms with E-state index in [4.69, 9.17) is 21.1 Å². The lowest BCUT2D eigenvalue weighted by Gasteiger charge is -2.20. The van der Waals surface area contributed by atoms with Crippen LogP contribution < -0.4 is 20.2 Å². The predicted octanol–water partition coefficient (Wildman–Crippen LogP) is 5.73. The topological polar surface area (TPSA) is 89.0 Å². The fraction of sp³-hybridized carbons (Fsp3) is 0.222. The third-order valence-corrected chi connectivity index (χ3v) is 6.27. The molecular weight excluding hydrogens is 565 g/mol. The number of halogens is 3. The standard InChI is InChI=1S/C27H26BrClFN3O4/c1-16(2)24(32-26(34)18-8-10-20(30)11-9-18)27(35)33-31-14-17-12-21(28)25(23(13-17)36-3)37-15-19-6-4-5-7-22(19)29/h4-14,16,24H,15H2,1-3H3,(H,32,34)(H,33,35)/b31-14+. The summed E-state index contributed by atoms with van der Waals surface area (Å²) in [4.78, 5) is 25.2. The normalized spacial score (nSPS) is 11.9. The number of hydrogen-bond donors (Lipinski definition) is 2. The van der Waals surface area contributed by atoms with E-state index in [1.807, 2.05) is 18.2 Å². The van der Waals surface area contributed by atoms with Crippen LogP contribution in [0.5, 0.6) is 11.5 Å². The smallest absolute Gasteiger partial charge is 0.262 e. The van der Waals surface area contributed by atoms with Crippen LogP contribution in [0.3, 0.4) is 0 Å². The molecule has 0 saturated carbocycles. The van der Waals surface area contributed by atoms with Crippen molar-refractivity contribution in [2.75, 3.05) is 7.11 Å². The fourth-order valence-corrected chi connectivity index (χ4v) is 4.09. The zero-order chi connectivity index (χ0) is 26.9. The van der Waals surface area contributed by atoms with Crippen molar-refractivity contribution in [3.8, 4) is 11.5 Å². The van der Waals surface area contributed by atoms with Crippen molar-refractivity contribution in [3.05, 3.63) is 92.7 Å². The van der Waals surface area contributed by atoms with Gasteiger partial charge in [0.1, 0.15) is 18.5 Å². The predicted molar refractivity (Wildman–Crippen MR) is 145 cm³/mol. The van der Waals surface area contributed by atoms with Crippen LogP contribution in [0.1, 0.15) is 35.3 Å². The van der Waals surface area contributed by atoms with E-state index in [1.54, 1.807) is 32.0 Å². The Labute approximate surface area is 228 Å². The maximum Gasteiger partial charge on any atom is 0.262 e. The van der Waals surface area contributed by atoms with Gasteiger partial charge in [0.25, 0.3) is 11.8 Å². The van der Waals surface area contributed by atoms with E-state index in [0.717, 1.165) is 5.56 Å². The van der Waals surface area contributed by atoms with Crippen LogP contribution in [0.15, 0.2) is 70.2 Å². The summed E-state index contributed by atoms with van der Waals surface area (Å²) in [7, 11) is 1.52. The molecule has 0 aliphatic carbocycles. The van der Waals surface area contributed by atoms with Gasteiger partial charge in [0.05, 0.1) is 17.8 Å². The molecule has 0 radical (unpaired) electrons. The summed E-state index contributed by atoms with van der Waals surface area (Å²) in [6.07, 6.45) is 1.45. The Bertz CT molecular complexity index is 1290. The van der Waals surface area contributed by atoms with Gasteiger partial charge in [-0.2, -0.15) is 5.10 Å². The van der Waals surface area contributed by atoms with E-state index in [2.05, 4.69) is 31.8 Å². The number of carbonyl (C=O) groups is 2. The second-order valence-electron chi connectivity index (χ2n) is 8.35. The molecule has 2 N–H and O–H groups in total. The van der Waals surface area contributed by atoms with Crippen molar-refractivity contribution in [2.45, 2.75) is 26.5 Å². The molecule has 0 aliphatic rings. The van der Waals surface area contributed by atoms with E-state index in [-0.39, 0.29) is 18.1 Å². The van der Waals surface area contributed by atoms with Crippen LogP contribution >= 0.6 is 27.5 Å². The van der Waals surface area contributed by atoms with Gasteiger partial charge in [-0.1, -0.05) is 43.6 Å².